The summed E-state index contributed by atoms with van der Waals surface area (Å²) < 4.78 is 5.13. The van der Waals surface area contributed by atoms with E-state index in [-0.39, 0.29) is 0 Å². The summed E-state index contributed by atoms with van der Waals surface area (Å²) >= 11 is 0. The van der Waals surface area contributed by atoms with Crippen LogP contribution in [-0.2, 0) is 19.9 Å². The fourth-order valence-electron chi connectivity index (χ4n) is 1.94. The lowest BCUT2D eigenvalue weighted by atomic mass is 9.87. The Morgan fingerprint density at radius 2 is 1.88 bits per heavy atom. The molecule has 5 nitrogen and oxygen atoms in total. The number of epoxide rings is 1. The zero-order valence-electron chi connectivity index (χ0n) is 8.64. The van der Waals surface area contributed by atoms with Gasteiger partial charge in [-0.1, -0.05) is 30.3 Å². The molecule has 1 aromatic rings. The van der Waals surface area contributed by atoms with Gasteiger partial charge in [-0.05, 0) is 12.5 Å². The van der Waals surface area contributed by atoms with Crippen LogP contribution in [0.25, 0.3) is 0 Å². The van der Waals surface area contributed by atoms with Crippen LogP contribution in [0.15, 0.2) is 30.3 Å². The largest absolute Gasteiger partial charge is 0.479 e. The van der Waals surface area contributed by atoms with Gasteiger partial charge in [-0.25, -0.2) is 4.79 Å². The standard InChI is InChI=1S/C11H11NO4/c1-10(7-5-3-2-4-6-7)11(16-10,8(12)13)9(14)15/h2-6H,1H3,(H2,12,13)(H,14,15). The molecule has 1 aliphatic rings. The smallest absolute Gasteiger partial charge is 0.349 e. The lowest BCUT2D eigenvalue weighted by Crippen LogP contribution is -2.44. The highest BCUT2D eigenvalue weighted by Gasteiger charge is 2.77. The topological polar surface area (TPSA) is 92.9 Å². The number of hydrogen-bond acceptors (Lipinski definition) is 3. The van der Waals surface area contributed by atoms with Crippen LogP contribution in [0.4, 0.5) is 0 Å². The summed E-state index contributed by atoms with van der Waals surface area (Å²) in [7, 11) is 0. The Bertz CT molecular complexity index is 442. The molecule has 2 rings (SSSR count). The Morgan fingerprint density at radius 3 is 2.25 bits per heavy atom. The molecule has 0 radical (unpaired) electrons. The molecule has 0 spiro atoms. The fraction of sp³-hybridized carbons (Fsp3) is 0.273. The molecule has 2 unspecified atom stereocenters. The molecule has 1 fully saturated rings. The average Bonchev–Trinajstić information content (AvgIpc) is 2.90. The summed E-state index contributed by atoms with van der Waals surface area (Å²) in [6.07, 6.45) is 0. The molecule has 1 aliphatic heterocycles. The number of carboxylic acids is 1. The highest BCUT2D eigenvalue weighted by atomic mass is 16.7. The van der Waals surface area contributed by atoms with Crippen molar-refractivity contribution in [3.05, 3.63) is 35.9 Å². The Labute approximate surface area is 91.8 Å². The Morgan fingerprint density at radius 1 is 1.31 bits per heavy atom. The molecular formula is C11H11NO4. The van der Waals surface area contributed by atoms with Crippen molar-refractivity contribution in [2.75, 3.05) is 0 Å². The zero-order chi connectivity index (χ0) is 12.0. The maximum absolute atomic E-state index is 11.2. The van der Waals surface area contributed by atoms with Crippen molar-refractivity contribution < 1.29 is 19.4 Å². The second-order valence-corrected chi connectivity index (χ2v) is 3.85. The minimum Gasteiger partial charge on any atom is -0.479 e. The normalized spacial score (nSPS) is 32.1. The van der Waals surface area contributed by atoms with Gasteiger partial charge in [-0.15, -0.1) is 0 Å². The first-order valence-corrected chi connectivity index (χ1v) is 4.74. The summed E-state index contributed by atoms with van der Waals surface area (Å²) in [6, 6.07) is 8.69. The molecule has 3 N–H and O–H groups in total. The molecule has 5 heteroatoms. The number of benzene rings is 1. The molecule has 0 bridgehead atoms. The van der Waals surface area contributed by atoms with Gasteiger partial charge in [0.1, 0.15) is 5.60 Å². The Hall–Kier alpha value is -1.88. The van der Waals surface area contributed by atoms with E-state index in [1.807, 2.05) is 0 Å². The summed E-state index contributed by atoms with van der Waals surface area (Å²) in [5.74, 6) is -2.34. The van der Waals surface area contributed by atoms with E-state index in [9.17, 15) is 9.59 Å². The fourth-order valence-corrected chi connectivity index (χ4v) is 1.94. The monoisotopic (exact) mass is 221 g/mol. The number of carboxylic acid groups (broad SMARTS) is 1. The molecule has 0 aliphatic carbocycles. The zero-order valence-corrected chi connectivity index (χ0v) is 8.64. The van der Waals surface area contributed by atoms with Crippen molar-refractivity contribution in [2.45, 2.75) is 18.1 Å². The van der Waals surface area contributed by atoms with Gasteiger partial charge in [0, 0.05) is 0 Å². The van der Waals surface area contributed by atoms with Crippen molar-refractivity contribution in [1.82, 2.24) is 0 Å². The predicted octanol–water partition coefficient (Wildman–Crippen LogP) is 0.241. The van der Waals surface area contributed by atoms with Crippen LogP contribution in [0.3, 0.4) is 0 Å². The van der Waals surface area contributed by atoms with E-state index >= 15 is 0 Å². The van der Waals surface area contributed by atoms with Gasteiger partial charge in [-0.3, -0.25) is 4.79 Å². The summed E-state index contributed by atoms with van der Waals surface area (Å²) in [6.45, 7) is 1.54. The van der Waals surface area contributed by atoms with E-state index in [0.717, 1.165) is 0 Å². The van der Waals surface area contributed by atoms with Gasteiger partial charge in [0.15, 0.2) is 0 Å². The third-order valence-electron chi connectivity index (χ3n) is 2.96. The number of hydrogen-bond donors (Lipinski definition) is 2. The van der Waals surface area contributed by atoms with Gasteiger partial charge in [0.25, 0.3) is 11.5 Å². The Balaban J connectivity index is 2.46. The molecule has 1 heterocycles. The van der Waals surface area contributed by atoms with Crippen molar-refractivity contribution >= 4 is 11.9 Å². The van der Waals surface area contributed by atoms with Gasteiger partial charge in [0.05, 0.1) is 0 Å². The third kappa shape index (κ3) is 1.09. The lowest BCUT2D eigenvalue weighted by Gasteiger charge is -2.10. The van der Waals surface area contributed by atoms with Crippen LogP contribution < -0.4 is 5.73 Å². The van der Waals surface area contributed by atoms with Crippen molar-refractivity contribution in [3.63, 3.8) is 0 Å². The number of rotatable bonds is 3. The Kier molecular flexibility index (Phi) is 2.03. The number of carbonyl (C=O) groups excluding carboxylic acids is 1. The maximum atomic E-state index is 11.2. The molecule has 2 atom stereocenters. The molecule has 0 aromatic heterocycles. The highest BCUT2D eigenvalue weighted by Crippen LogP contribution is 2.55. The molecule has 1 amide bonds. The van der Waals surface area contributed by atoms with Crippen molar-refractivity contribution in [3.8, 4) is 0 Å². The SMILES string of the molecule is CC1(c2ccccc2)OC1(C(N)=O)C(=O)O. The summed E-state index contributed by atoms with van der Waals surface area (Å²) in [5.41, 5.74) is 2.61. The van der Waals surface area contributed by atoms with E-state index in [0.29, 0.717) is 5.56 Å². The average molecular weight is 221 g/mol. The summed E-state index contributed by atoms with van der Waals surface area (Å²) in [4.78, 5) is 22.3. The van der Waals surface area contributed by atoms with Gasteiger partial charge >= 0.3 is 5.97 Å². The molecule has 16 heavy (non-hydrogen) atoms. The van der Waals surface area contributed by atoms with Crippen LogP contribution in [0, 0.1) is 0 Å². The minimum absolute atomic E-state index is 0.621. The number of carbonyl (C=O) groups is 2. The molecule has 1 saturated heterocycles. The van der Waals surface area contributed by atoms with Crippen molar-refractivity contribution in [2.24, 2.45) is 5.73 Å². The maximum Gasteiger partial charge on any atom is 0.349 e. The van der Waals surface area contributed by atoms with E-state index in [1.54, 1.807) is 37.3 Å². The number of aliphatic carboxylic acids is 1. The number of ether oxygens (including phenoxy) is 1. The van der Waals surface area contributed by atoms with Crippen LogP contribution in [0.1, 0.15) is 12.5 Å². The molecule has 84 valence electrons. The van der Waals surface area contributed by atoms with E-state index < -0.39 is 23.1 Å². The number of nitrogens with two attached hydrogens (primary N) is 1. The number of amides is 1. The highest BCUT2D eigenvalue weighted by molar-refractivity contribution is 6.09. The van der Waals surface area contributed by atoms with Crippen LogP contribution in [-0.4, -0.2) is 22.6 Å². The molecule has 1 aromatic carbocycles. The first kappa shape index (κ1) is 10.6. The van der Waals surface area contributed by atoms with E-state index in [4.69, 9.17) is 15.6 Å². The van der Waals surface area contributed by atoms with E-state index in [2.05, 4.69) is 0 Å². The molecule has 0 saturated carbocycles. The second-order valence-electron chi connectivity index (χ2n) is 3.85. The lowest BCUT2D eigenvalue weighted by molar-refractivity contribution is -0.147. The summed E-state index contributed by atoms with van der Waals surface area (Å²) in [5, 5.41) is 9.05. The predicted molar refractivity (Wildman–Crippen MR) is 54.4 cm³/mol. The van der Waals surface area contributed by atoms with E-state index in [1.165, 1.54) is 0 Å². The number of primary amides is 1. The van der Waals surface area contributed by atoms with Gasteiger partial charge in [0.2, 0.25) is 0 Å². The van der Waals surface area contributed by atoms with Crippen LogP contribution >= 0.6 is 0 Å². The quantitative estimate of drug-likeness (QED) is 0.564. The van der Waals surface area contributed by atoms with Gasteiger partial charge in [-0.2, -0.15) is 0 Å². The van der Waals surface area contributed by atoms with Crippen LogP contribution in [0.5, 0.6) is 0 Å². The first-order valence-electron chi connectivity index (χ1n) is 4.74. The third-order valence-corrected chi connectivity index (χ3v) is 2.96. The van der Waals surface area contributed by atoms with Crippen molar-refractivity contribution in [1.29, 1.82) is 0 Å². The molecular weight excluding hydrogens is 210 g/mol. The van der Waals surface area contributed by atoms with Crippen LogP contribution in [0.2, 0.25) is 0 Å². The minimum atomic E-state index is -1.94. The first-order chi connectivity index (χ1) is 7.45. The van der Waals surface area contributed by atoms with Gasteiger partial charge < -0.3 is 15.6 Å². The second kappa shape index (κ2) is 3.05.